The number of rotatable bonds is 5. The van der Waals surface area contributed by atoms with Gasteiger partial charge in [-0.25, -0.2) is 0 Å². The van der Waals surface area contributed by atoms with E-state index in [0.717, 1.165) is 23.9 Å². The van der Waals surface area contributed by atoms with Crippen molar-refractivity contribution in [2.24, 2.45) is 0 Å². The van der Waals surface area contributed by atoms with Crippen LogP contribution in [0.1, 0.15) is 11.1 Å². The zero-order valence-electron chi connectivity index (χ0n) is 14.6. The van der Waals surface area contributed by atoms with Gasteiger partial charge in [-0.1, -0.05) is 30.3 Å². The number of hydrogen-bond acceptors (Lipinski definition) is 5. The molecule has 2 aromatic carbocycles. The summed E-state index contributed by atoms with van der Waals surface area (Å²) < 4.78 is 44.4. The second-order valence-corrected chi connectivity index (χ2v) is 6.78. The largest absolute Gasteiger partial charge is 0.483 e. The van der Waals surface area contributed by atoms with Gasteiger partial charge in [0.25, 0.3) is 17.1 Å². The predicted octanol–water partition coefficient (Wildman–Crippen LogP) is 4.05. The van der Waals surface area contributed by atoms with E-state index in [-0.39, 0.29) is 16.3 Å². The topological polar surface area (TPSA) is 84.5 Å². The van der Waals surface area contributed by atoms with Crippen LogP contribution in [0.4, 0.5) is 23.7 Å². The highest BCUT2D eigenvalue weighted by atomic mass is 32.2. The molecule has 1 aliphatic rings. The molecule has 0 atom stereocenters. The van der Waals surface area contributed by atoms with Crippen molar-refractivity contribution in [3.63, 3.8) is 0 Å². The number of hydrogen-bond donors (Lipinski definition) is 2. The molecule has 2 aromatic rings. The van der Waals surface area contributed by atoms with Crippen LogP contribution < -0.4 is 15.4 Å². The Kier molecular flexibility index (Phi) is 5.92. The number of carbonyl (C=O) groups excluding carboxylic acids is 3. The fourth-order valence-corrected chi connectivity index (χ4v) is 3.14. The van der Waals surface area contributed by atoms with E-state index in [9.17, 15) is 27.6 Å². The number of imide groups is 1. The highest BCUT2D eigenvalue weighted by molar-refractivity contribution is 8.18. The van der Waals surface area contributed by atoms with Crippen molar-refractivity contribution in [2.75, 3.05) is 11.9 Å². The average Bonchev–Trinajstić information content (AvgIpc) is 2.97. The van der Waals surface area contributed by atoms with Crippen LogP contribution in [0.15, 0.2) is 53.4 Å². The van der Waals surface area contributed by atoms with Crippen LogP contribution in [-0.2, 0) is 15.8 Å². The third kappa shape index (κ3) is 5.17. The Hall–Kier alpha value is -3.27. The highest BCUT2D eigenvalue weighted by Gasteiger charge is 2.33. The van der Waals surface area contributed by atoms with Crippen LogP contribution in [0.25, 0.3) is 6.08 Å². The van der Waals surface area contributed by atoms with Gasteiger partial charge in [-0.15, -0.1) is 0 Å². The first-order valence-corrected chi connectivity index (χ1v) is 8.98. The van der Waals surface area contributed by atoms with Gasteiger partial charge >= 0.3 is 6.18 Å². The van der Waals surface area contributed by atoms with Crippen molar-refractivity contribution < 1.29 is 32.3 Å². The molecule has 10 heteroatoms. The smallest absolute Gasteiger partial charge is 0.418 e. The molecule has 0 radical (unpaired) electrons. The summed E-state index contributed by atoms with van der Waals surface area (Å²) in [4.78, 5) is 35.2. The highest BCUT2D eigenvalue weighted by Crippen LogP contribution is 2.34. The number of anilines is 1. The quantitative estimate of drug-likeness (QED) is 0.711. The van der Waals surface area contributed by atoms with E-state index in [1.807, 2.05) is 0 Å². The zero-order chi connectivity index (χ0) is 21.0. The Morgan fingerprint density at radius 2 is 1.79 bits per heavy atom. The van der Waals surface area contributed by atoms with Gasteiger partial charge in [-0.3, -0.25) is 19.7 Å². The van der Waals surface area contributed by atoms with E-state index < -0.39 is 35.4 Å². The third-order valence-electron chi connectivity index (χ3n) is 3.71. The number of alkyl halides is 3. The van der Waals surface area contributed by atoms with Crippen LogP contribution in [0, 0.1) is 0 Å². The summed E-state index contributed by atoms with van der Waals surface area (Å²) in [6, 6.07) is 11.0. The summed E-state index contributed by atoms with van der Waals surface area (Å²) >= 11 is 0.727. The van der Waals surface area contributed by atoms with Crippen molar-refractivity contribution in [1.29, 1.82) is 0 Å². The lowest BCUT2D eigenvalue weighted by Crippen LogP contribution is -2.22. The molecule has 6 nitrogen and oxygen atoms in total. The molecular weight excluding hydrogens is 409 g/mol. The van der Waals surface area contributed by atoms with Crippen molar-refractivity contribution in [1.82, 2.24) is 5.32 Å². The Bertz CT molecular complexity index is 1000. The van der Waals surface area contributed by atoms with Gasteiger partial charge in [0.2, 0.25) is 0 Å². The van der Waals surface area contributed by atoms with E-state index in [1.54, 1.807) is 18.2 Å². The summed E-state index contributed by atoms with van der Waals surface area (Å²) in [5.41, 5.74) is -0.905. The van der Waals surface area contributed by atoms with Gasteiger partial charge in [0, 0.05) is 5.56 Å². The van der Waals surface area contributed by atoms with Gasteiger partial charge in [-0.05, 0) is 36.0 Å². The Morgan fingerprint density at radius 1 is 1.10 bits per heavy atom. The predicted molar refractivity (Wildman–Crippen MR) is 101 cm³/mol. The number of para-hydroxylation sites is 2. The number of nitrogens with one attached hydrogen (secondary N) is 2. The first-order chi connectivity index (χ1) is 13.7. The summed E-state index contributed by atoms with van der Waals surface area (Å²) in [6.07, 6.45) is -3.18. The number of carbonyl (C=O) groups is 3. The van der Waals surface area contributed by atoms with Crippen LogP contribution in [0.5, 0.6) is 5.75 Å². The first-order valence-electron chi connectivity index (χ1n) is 8.17. The molecule has 1 fully saturated rings. The Labute approximate surface area is 167 Å². The van der Waals surface area contributed by atoms with E-state index in [2.05, 4.69) is 10.6 Å². The minimum Gasteiger partial charge on any atom is -0.483 e. The molecule has 1 heterocycles. The minimum absolute atomic E-state index is 0.162. The standard InChI is InChI=1S/C19H13F3N2O4S/c20-19(21,22)12-6-2-3-7-13(12)23-16(25)10-28-14-8-4-1-5-11(14)9-15-17(26)24-18(27)29-15/h1-9H,10H2,(H,23,25)(H,24,26,27)/b15-9-. The lowest BCUT2D eigenvalue weighted by molar-refractivity contribution is -0.137. The summed E-state index contributed by atoms with van der Waals surface area (Å²) in [5, 5.41) is 3.80. The maximum Gasteiger partial charge on any atom is 0.418 e. The second kappa shape index (κ2) is 8.39. The molecule has 1 aliphatic heterocycles. The maximum atomic E-state index is 13.0. The molecule has 0 aliphatic carbocycles. The molecule has 3 amide bonds. The molecule has 29 heavy (non-hydrogen) atoms. The van der Waals surface area contributed by atoms with E-state index in [4.69, 9.17) is 4.74 Å². The minimum atomic E-state index is -4.61. The van der Waals surface area contributed by atoms with E-state index in [1.165, 1.54) is 24.3 Å². The number of amides is 3. The summed E-state index contributed by atoms with van der Waals surface area (Å²) in [5.74, 6) is -1.10. The molecule has 0 aromatic heterocycles. The normalized spacial score (nSPS) is 15.3. The van der Waals surface area contributed by atoms with Gasteiger partial charge in [0.1, 0.15) is 5.75 Å². The lowest BCUT2D eigenvalue weighted by atomic mass is 10.1. The molecule has 0 saturated carbocycles. The van der Waals surface area contributed by atoms with Gasteiger partial charge in [0.15, 0.2) is 6.61 Å². The van der Waals surface area contributed by atoms with Gasteiger partial charge in [-0.2, -0.15) is 13.2 Å². The fraction of sp³-hybridized carbons (Fsp3) is 0.105. The second-order valence-electron chi connectivity index (χ2n) is 5.77. The van der Waals surface area contributed by atoms with Gasteiger partial charge in [0.05, 0.1) is 16.2 Å². The molecule has 0 bridgehead atoms. The van der Waals surface area contributed by atoms with Crippen LogP contribution in [0.3, 0.4) is 0 Å². The van der Waals surface area contributed by atoms with Crippen LogP contribution in [0.2, 0.25) is 0 Å². The number of benzene rings is 2. The monoisotopic (exact) mass is 422 g/mol. The molecular formula is C19H13F3N2O4S. The Balaban J connectivity index is 1.70. The fourth-order valence-electron chi connectivity index (χ4n) is 2.46. The van der Waals surface area contributed by atoms with E-state index in [0.29, 0.717) is 5.56 Å². The van der Waals surface area contributed by atoms with Crippen molar-refractivity contribution in [3.8, 4) is 5.75 Å². The lowest BCUT2D eigenvalue weighted by Gasteiger charge is -2.14. The van der Waals surface area contributed by atoms with Crippen molar-refractivity contribution >= 4 is 40.6 Å². The zero-order valence-corrected chi connectivity index (χ0v) is 15.4. The van der Waals surface area contributed by atoms with Crippen molar-refractivity contribution in [2.45, 2.75) is 6.18 Å². The van der Waals surface area contributed by atoms with Crippen molar-refractivity contribution in [3.05, 3.63) is 64.6 Å². The third-order valence-corrected chi connectivity index (χ3v) is 4.52. The number of thioether (sulfide) groups is 1. The number of ether oxygens (including phenoxy) is 1. The first kappa shape index (κ1) is 20.5. The maximum absolute atomic E-state index is 13.0. The number of halogens is 3. The van der Waals surface area contributed by atoms with Gasteiger partial charge < -0.3 is 10.1 Å². The molecule has 150 valence electrons. The SMILES string of the molecule is O=C(COc1ccccc1/C=C1\SC(=O)NC1=O)Nc1ccccc1C(F)(F)F. The summed E-state index contributed by atoms with van der Waals surface area (Å²) in [7, 11) is 0. The average molecular weight is 422 g/mol. The molecule has 1 saturated heterocycles. The molecule has 2 N–H and O–H groups in total. The summed E-state index contributed by atoms with van der Waals surface area (Å²) in [6.45, 7) is -0.551. The molecule has 0 spiro atoms. The van der Waals surface area contributed by atoms with E-state index >= 15 is 0 Å². The van der Waals surface area contributed by atoms with Crippen LogP contribution in [-0.4, -0.2) is 23.7 Å². The van der Waals surface area contributed by atoms with Crippen LogP contribution >= 0.6 is 11.8 Å². The Morgan fingerprint density at radius 3 is 2.48 bits per heavy atom. The molecule has 0 unspecified atom stereocenters. The molecule has 3 rings (SSSR count).